The minimum atomic E-state index is 0. The molecule has 0 atom stereocenters. The fourth-order valence-corrected chi connectivity index (χ4v) is 0.553. The van der Waals surface area contributed by atoms with Gasteiger partial charge in [-0.05, 0) is 5.92 Å². The molecule has 1 heteroatoms. The minimum Gasteiger partial charge on any atom is -0.0628 e. The van der Waals surface area contributed by atoms with Gasteiger partial charge in [-0.2, -0.15) is 0 Å². The molecule has 0 spiro atoms. The quantitative estimate of drug-likeness (QED) is 0.563. The second-order valence-electron chi connectivity index (χ2n) is 2.39. The smallest absolute Gasteiger partial charge is 0 e. The maximum absolute atomic E-state index is 3.76. The number of hydrogen-bond acceptors (Lipinski definition) is 0. The van der Waals surface area contributed by atoms with Crippen molar-refractivity contribution in [1.29, 1.82) is 0 Å². The first-order valence-electron chi connectivity index (χ1n) is 3.06. The van der Waals surface area contributed by atoms with Gasteiger partial charge in [0, 0.05) is 19.5 Å². The van der Waals surface area contributed by atoms with Crippen LogP contribution in [0.2, 0.25) is 0 Å². The summed E-state index contributed by atoms with van der Waals surface area (Å²) in [6.45, 7) is 8.25. The average Bonchev–Trinajstić information content (AvgIpc) is 1.61. The van der Waals surface area contributed by atoms with Crippen LogP contribution in [-0.2, 0) is 19.5 Å². The summed E-state index contributed by atoms with van der Waals surface area (Å²) in [5, 5.41) is 0. The monoisotopic (exact) mass is 163 g/mol. The summed E-state index contributed by atoms with van der Waals surface area (Å²) in [5.74, 6) is 0.863. The van der Waals surface area contributed by atoms with Crippen LogP contribution in [0.3, 0.4) is 0 Å². The zero-order valence-corrected chi connectivity index (χ0v) is 9.08. The molecule has 0 saturated carbocycles. The second kappa shape index (κ2) is 7.62. The molecular weight excluding hydrogens is 149 g/mol. The van der Waals surface area contributed by atoms with Gasteiger partial charge in [0.25, 0.3) is 0 Å². The van der Waals surface area contributed by atoms with Crippen molar-refractivity contribution in [2.24, 2.45) is 5.92 Å². The van der Waals surface area contributed by atoms with Gasteiger partial charge >= 0.3 is 0 Å². The van der Waals surface area contributed by atoms with Gasteiger partial charge in [0.2, 0.25) is 0 Å². The number of rotatable bonds is 3. The van der Waals surface area contributed by atoms with Gasteiger partial charge in [-0.3, -0.25) is 0 Å². The zero-order chi connectivity index (χ0) is 5.70. The van der Waals surface area contributed by atoms with Crippen LogP contribution < -0.4 is 0 Å². The molecule has 0 aliphatic rings. The van der Waals surface area contributed by atoms with E-state index in [2.05, 4.69) is 20.8 Å². The molecule has 0 amide bonds. The summed E-state index contributed by atoms with van der Waals surface area (Å²) < 4.78 is 0. The fraction of sp³-hybridized carbons (Fsp3) is 0.857. The molecule has 0 nitrogen and oxygen atoms in total. The van der Waals surface area contributed by atoms with Crippen LogP contribution >= 0.6 is 0 Å². The summed E-state index contributed by atoms with van der Waals surface area (Å²) in [4.78, 5) is 0. The van der Waals surface area contributed by atoms with E-state index in [-0.39, 0.29) is 19.5 Å². The van der Waals surface area contributed by atoms with Gasteiger partial charge < -0.3 is 0 Å². The molecule has 0 N–H and O–H groups in total. The Balaban J connectivity index is 0. The maximum Gasteiger partial charge on any atom is 0 e. The Morgan fingerprint density at radius 3 is 2.00 bits per heavy atom. The molecule has 0 rings (SSSR count). The molecule has 0 unspecified atom stereocenters. The molecule has 0 aromatic rings. The largest absolute Gasteiger partial charge is 0.0628 e. The molecule has 8 heavy (non-hydrogen) atoms. The van der Waals surface area contributed by atoms with Gasteiger partial charge in [-0.25, -0.2) is 0 Å². The van der Waals surface area contributed by atoms with Crippen molar-refractivity contribution < 1.29 is 19.5 Å². The molecular formula is C7H15Zn. The van der Waals surface area contributed by atoms with E-state index in [9.17, 15) is 0 Å². The van der Waals surface area contributed by atoms with Crippen molar-refractivity contribution in [1.82, 2.24) is 0 Å². The summed E-state index contributed by atoms with van der Waals surface area (Å²) in [6.07, 6.45) is 3.72. The third-order valence-electron chi connectivity index (χ3n) is 1.03. The van der Waals surface area contributed by atoms with E-state index in [1.54, 1.807) is 0 Å². The van der Waals surface area contributed by atoms with Gasteiger partial charge in [-0.1, -0.05) is 40.0 Å². The van der Waals surface area contributed by atoms with Crippen molar-refractivity contribution in [3.8, 4) is 0 Å². The number of hydrogen-bond donors (Lipinski definition) is 0. The molecule has 1 radical (unpaired) electrons. The predicted octanol–water partition coefficient (Wildman–Crippen LogP) is 2.64. The first-order valence-corrected chi connectivity index (χ1v) is 3.06. The molecule has 0 aromatic heterocycles. The first kappa shape index (κ1) is 11.4. The topological polar surface area (TPSA) is 0 Å². The van der Waals surface area contributed by atoms with Crippen LogP contribution in [0.1, 0.15) is 33.1 Å². The Bertz CT molecular complexity index is 33.4. The molecule has 0 aliphatic heterocycles. The first-order chi connectivity index (χ1) is 3.27. The zero-order valence-electron chi connectivity index (χ0n) is 6.11. The average molecular weight is 165 g/mol. The van der Waals surface area contributed by atoms with Crippen LogP contribution in [0.15, 0.2) is 0 Å². The summed E-state index contributed by atoms with van der Waals surface area (Å²) in [5.41, 5.74) is 0. The van der Waals surface area contributed by atoms with Crippen LogP contribution in [0.4, 0.5) is 0 Å². The van der Waals surface area contributed by atoms with Crippen molar-refractivity contribution in [3.63, 3.8) is 0 Å². The Kier molecular flexibility index (Phi) is 10.9. The Labute approximate surface area is 65.8 Å². The van der Waals surface area contributed by atoms with Gasteiger partial charge in [0.15, 0.2) is 0 Å². The Morgan fingerprint density at radius 1 is 1.38 bits per heavy atom. The van der Waals surface area contributed by atoms with Crippen molar-refractivity contribution in [2.75, 3.05) is 0 Å². The van der Waals surface area contributed by atoms with Crippen LogP contribution in [0.5, 0.6) is 0 Å². The third kappa shape index (κ3) is 9.80. The molecule has 0 aromatic carbocycles. The van der Waals surface area contributed by atoms with E-state index in [0.717, 1.165) is 12.3 Å². The molecule has 0 aliphatic carbocycles. The standard InChI is InChI=1S/C7H15.Zn/c1-4-5-6-7(2)3;/h7H,1,4-6H2,2-3H3;. The van der Waals surface area contributed by atoms with E-state index in [4.69, 9.17) is 0 Å². The molecule has 0 saturated heterocycles. The van der Waals surface area contributed by atoms with E-state index in [1.165, 1.54) is 12.8 Å². The summed E-state index contributed by atoms with van der Waals surface area (Å²) in [7, 11) is 0. The van der Waals surface area contributed by atoms with Crippen LogP contribution in [0, 0.1) is 12.8 Å². The van der Waals surface area contributed by atoms with Crippen LogP contribution in [0.25, 0.3) is 0 Å². The van der Waals surface area contributed by atoms with Crippen LogP contribution in [-0.4, -0.2) is 0 Å². The minimum absolute atomic E-state index is 0. The summed E-state index contributed by atoms with van der Waals surface area (Å²) in [6, 6.07) is 0. The van der Waals surface area contributed by atoms with Crippen molar-refractivity contribution in [2.45, 2.75) is 33.1 Å². The van der Waals surface area contributed by atoms with E-state index >= 15 is 0 Å². The normalized spacial score (nSPS) is 9.00. The molecule has 45 valence electrons. The molecule has 0 bridgehead atoms. The SMILES string of the molecule is [CH2]CCCC(C)C.[Zn]. The second-order valence-corrected chi connectivity index (χ2v) is 2.39. The fourth-order valence-electron chi connectivity index (χ4n) is 0.553. The Hall–Kier alpha value is 0.623. The number of unbranched alkanes of at least 4 members (excludes halogenated alkanes) is 1. The van der Waals surface area contributed by atoms with E-state index in [0.29, 0.717) is 0 Å². The Morgan fingerprint density at radius 2 is 1.88 bits per heavy atom. The van der Waals surface area contributed by atoms with Crippen molar-refractivity contribution in [3.05, 3.63) is 6.92 Å². The van der Waals surface area contributed by atoms with Gasteiger partial charge in [-0.15, -0.1) is 0 Å². The van der Waals surface area contributed by atoms with Gasteiger partial charge in [0.05, 0.1) is 0 Å². The third-order valence-corrected chi connectivity index (χ3v) is 1.03. The van der Waals surface area contributed by atoms with E-state index in [1.807, 2.05) is 0 Å². The van der Waals surface area contributed by atoms with E-state index < -0.39 is 0 Å². The molecule has 0 fully saturated rings. The maximum atomic E-state index is 3.76. The molecule has 0 heterocycles. The van der Waals surface area contributed by atoms with Crippen molar-refractivity contribution >= 4 is 0 Å². The predicted molar refractivity (Wildman–Crippen MR) is 34.0 cm³/mol. The van der Waals surface area contributed by atoms with Gasteiger partial charge in [0.1, 0.15) is 0 Å². The summed E-state index contributed by atoms with van der Waals surface area (Å²) >= 11 is 0.